The van der Waals surface area contributed by atoms with Crippen LogP contribution in [0.3, 0.4) is 0 Å². The number of hydrogen-bond donors (Lipinski definition) is 0. The van der Waals surface area contributed by atoms with Gasteiger partial charge in [-0.3, -0.25) is 4.79 Å². The summed E-state index contributed by atoms with van der Waals surface area (Å²) in [4.78, 5) is 14.2. The van der Waals surface area contributed by atoms with Crippen molar-refractivity contribution < 1.29 is 4.79 Å². The molecule has 1 saturated heterocycles. The summed E-state index contributed by atoms with van der Waals surface area (Å²) < 4.78 is 0. The first-order valence-corrected chi connectivity index (χ1v) is 6.55. The summed E-state index contributed by atoms with van der Waals surface area (Å²) in [5.41, 5.74) is 1.16. The molecule has 17 heavy (non-hydrogen) atoms. The highest BCUT2D eigenvalue weighted by atomic mass is 16.1. The van der Waals surface area contributed by atoms with Crippen LogP contribution in [0, 0.1) is 0 Å². The Balaban J connectivity index is 2.05. The smallest absolute Gasteiger partial charge is 0.138 e. The predicted octanol–water partition coefficient (Wildman–Crippen LogP) is 2.85. The zero-order valence-electron chi connectivity index (χ0n) is 10.6. The Kier molecular flexibility index (Phi) is 4.32. The maximum atomic E-state index is 11.8. The summed E-state index contributed by atoms with van der Waals surface area (Å²) in [5.74, 6) is 0.330. The topological polar surface area (TPSA) is 20.3 Å². The van der Waals surface area contributed by atoms with E-state index >= 15 is 0 Å². The van der Waals surface area contributed by atoms with Crippen LogP contribution < -0.4 is 0 Å². The van der Waals surface area contributed by atoms with E-state index in [-0.39, 0.29) is 11.7 Å². The van der Waals surface area contributed by atoms with Crippen molar-refractivity contribution in [3.63, 3.8) is 0 Å². The minimum absolute atomic E-state index is 0.0503. The first-order chi connectivity index (χ1) is 8.27. The van der Waals surface area contributed by atoms with Crippen LogP contribution in [0.4, 0.5) is 0 Å². The van der Waals surface area contributed by atoms with Gasteiger partial charge in [-0.05, 0) is 38.4 Å². The minimum Gasteiger partial charge on any atom is -0.302 e. The van der Waals surface area contributed by atoms with Crippen LogP contribution in [0.5, 0.6) is 0 Å². The number of Topliss-reactive ketones (excluding diaryl/α,β-unsaturated/α-hetero) is 1. The van der Waals surface area contributed by atoms with Crippen LogP contribution >= 0.6 is 0 Å². The fourth-order valence-electron chi connectivity index (χ4n) is 2.55. The first kappa shape index (κ1) is 12.3. The van der Waals surface area contributed by atoms with Crippen molar-refractivity contribution in [3.8, 4) is 0 Å². The summed E-state index contributed by atoms with van der Waals surface area (Å²) in [6.07, 6.45) is 3.89. The van der Waals surface area contributed by atoms with Crippen molar-refractivity contribution in [1.82, 2.24) is 4.90 Å². The largest absolute Gasteiger partial charge is 0.302 e. The molecule has 1 heterocycles. The number of carbonyl (C=O) groups is 1. The molecule has 2 heteroatoms. The zero-order valence-corrected chi connectivity index (χ0v) is 10.6. The van der Waals surface area contributed by atoms with E-state index in [2.05, 4.69) is 17.0 Å². The van der Waals surface area contributed by atoms with Gasteiger partial charge < -0.3 is 4.90 Å². The Bertz CT molecular complexity index is 354. The normalized spacial score (nSPS) is 18.9. The second kappa shape index (κ2) is 5.97. The molecule has 1 aromatic carbocycles. The van der Waals surface area contributed by atoms with Gasteiger partial charge in [-0.25, -0.2) is 0 Å². The third-order valence-corrected chi connectivity index (χ3v) is 3.58. The quantitative estimate of drug-likeness (QED) is 0.794. The molecule has 0 radical (unpaired) electrons. The van der Waals surface area contributed by atoms with Gasteiger partial charge in [0.15, 0.2) is 0 Å². The molecule has 0 N–H and O–H groups in total. The maximum absolute atomic E-state index is 11.8. The van der Waals surface area contributed by atoms with E-state index in [9.17, 15) is 4.79 Å². The molecule has 0 spiro atoms. The summed E-state index contributed by atoms with van der Waals surface area (Å²) in [7, 11) is 0. The first-order valence-electron chi connectivity index (χ1n) is 6.55. The molecule has 0 saturated carbocycles. The van der Waals surface area contributed by atoms with E-state index in [0.717, 1.165) is 25.2 Å². The SMILES string of the molecule is CC(=O)C(CN1CCCCC1)c1ccccc1. The van der Waals surface area contributed by atoms with Gasteiger partial charge in [0.25, 0.3) is 0 Å². The van der Waals surface area contributed by atoms with Crippen molar-refractivity contribution in [1.29, 1.82) is 0 Å². The van der Waals surface area contributed by atoms with Crippen LogP contribution in [0.15, 0.2) is 30.3 Å². The highest BCUT2D eigenvalue weighted by Gasteiger charge is 2.21. The van der Waals surface area contributed by atoms with Gasteiger partial charge in [-0.2, -0.15) is 0 Å². The van der Waals surface area contributed by atoms with Crippen LogP contribution in [-0.2, 0) is 4.79 Å². The molecule has 0 bridgehead atoms. The molecule has 2 rings (SSSR count). The Hall–Kier alpha value is -1.15. The van der Waals surface area contributed by atoms with Gasteiger partial charge in [0.1, 0.15) is 5.78 Å². The number of carbonyl (C=O) groups excluding carboxylic acids is 1. The Morgan fingerprint density at radius 3 is 2.41 bits per heavy atom. The van der Waals surface area contributed by atoms with Crippen molar-refractivity contribution >= 4 is 5.78 Å². The number of likely N-dealkylation sites (tertiary alicyclic amines) is 1. The molecule has 1 aliphatic rings. The highest BCUT2D eigenvalue weighted by Crippen LogP contribution is 2.20. The van der Waals surface area contributed by atoms with Crippen LogP contribution in [0.2, 0.25) is 0 Å². The van der Waals surface area contributed by atoms with Gasteiger partial charge in [0.2, 0.25) is 0 Å². The van der Waals surface area contributed by atoms with Gasteiger partial charge in [0.05, 0.1) is 5.92 Å². The predicted molar refractivity (Wildman–Crippen MR) is 70.2 cm³/mol. The number of hydrogen-bond acceptors (Lipinski definition) is 2. The van der Waals surface area contributed by atoms with Gasteiger partial charge in [-0.15, -0.1) is 0 Å². The van der Waals surface area contributed by atoms with Crippen molar-refractivity contribution in [2.75, 3.05) is 19.6 Å². The number of nitrogens with zero attached hydrogens (tertiary/aromatic N) is 1. The molecule has 2 nitrogen and oxygen atoms in total. The Morgan fingerprint density at radius 2 is 1.82 bits per heavy atom. The third kappa shape index (κ3) is 3.40. The molecule has 1 aromatic rings. The molecule has 1 aliphatic heterocycles. The average molecular weight is 231 g/mol. The standard InChI is InChI=1S/C15H21NO/c1-13(17)15(14-8-4-2-5-9-14)12-16-10-6-3-7-11-16/h2,4-5,8-9,15H,3,6-7,10-12H2,1H3. The molecule has 1 fully saturated rings. The summed E-state index contributed by atoms with van der Waals surface area (Å²) in [5, 5.41) is 0. The average Bonchev–Trinajstić information content (AvgIpc) is 2.38. The van der Waals surface area contributed by atoms with E-state index in [1.54, 1.807) is 6.92 Å². The fraction of sp³-hybridized carbons (Fsp3) is 0.533. The van der Waals surface area contributed by atoms with Crippen molar-refractivity contribution in [3.05, 3.63) is 35.9 Å². The van der Waals surface area contributed by atoms with Crippen molar-refractivity contribution in [2.45, 2.75) is 32.1 Å². The zero-order chi connectivity index (χ0) is 12.1. The Labute approximate surface area is 104 Å². The van der Waals surface area contributed by atoms with Gasteiger partial charge in [-0.1, -0.05) is 36.8 Å². The molecule has 92 valence electrons. The van der Waals surface area contributed by atoms with Gasteiger partial charge >= 0.3 is 0 Å². The molecule has 0 amide bonds. The molecule has 1 atom stereocenters. The summed E-state index contributed by atoms with van der Waals surface area (Å²) in [6, 6.07) is 10.2. The molecule has 0 aliphatic carbocycles. The van der Waals surface area contributed by atoms with E-state index in [1.807, 2.05) is 18.2 Å². The summed E-state index contributed by atoms with van der Waals surface area (Å²) >= 11 is 0. The Morgan fingerprint density at radius 1 is 1.18 bits per heavy atom. The van der Waals surface area contributed by atoms with E-state index < -0.39 is 0 Å². The highest BCUT2D eigenvalue weighted by molar-refractivity contribution is 5.83. The molecule has 0 aromatic heterocycles. The maximum Gasteiger partial charge on any atom is 0.138 e. The monoisotopic (exact) mass is 231 g/mol. The summed E-state index contributed by atoms with van der Waals surface area (Å²) in [6.45, 7) is 4.90. The second-order valence-corrected chi connectivity index (χ2v) is 4.94. The van der Waals surface area contributed by atoms with Crippen LogP contribution in [0.1, 0.15) is 37.7 Å². The number of rotatable bonds is 4. The van der Waals surface area contributed by atoms with E-state index in [1.165, 1.54) is 19.3 Å². The van der Waals surface area contributed by atoms with Crippen molar-refractivity contribution in [2.24, 2.45) is 0 Å². The van der Waals surface area contributed by atoms with Crippen LogP contribution in [0.25, 0.3) is 0 Å². The minimum atomic E-state index is 0.0503. The van der Waals surface area contributed by atoms with E-state index in [4.69, 9.17) is 0 Å². The number of piperidine rings is 1. The molecular weight excluding hydrogens is 210 g/mol. The third-order valence-electron chi connectivity index (χ3n) is 3.58. The molecule has 1 unspecified atom stereocenters. The van der Waals surface area contributed by atoms with Gasteiger partial charge in [0, 0.05) is 6.54 Å². The lowest BCUT2D eigenvalue weighted by molar-refractivity contribution is -0.118. The second-order valence-electron chi connectivity index (χ2n) is 4.94. The fourth-order valence-corrected chi connectivity index (χ4v) is 2.55. The van der Waals surface area contributed by atoms with E-state index in [0.29, 0.717) is 0 Å². The lowest BCUT2D eigenvalue weighted by Gasteiger charge is -2.29. The number of benzene rings is 1. The lowest BCUT2D eigenvalue weighted by atomic mass is 9.94. The lowest BCUT2D eigenvalue weighted by Crippen LogP contribution is -2.35. The molecular formula is C15H21NO. The number of ketones is 1. The van der Waals surface area contributed by atoms with Crippen LogP contribution in [-0.4, -0.2) is 30.3 Å².